The third kappa shape index (κ3) is 4.29. The molecule has 0 aromatic rings. The molecule has 1 atom stereocenters. The van der Waals surface area contributed by atoms with Crippen LogP contribution in [-0.4, -0.2) is 20.2 Å². The highest BCUT2D eigenvalue weighted by Crippen LogP contribution is 2.30. The Morgan fingerprint density at radius 1 is 1.29 bits per heavy atom. The van der Waals surface area contributed by atoms with Crippen LogP contribution in [0.15, 0.2) is 0 Å². The molecule has 0 radical (unpaired) electrons. The van der Waals surface area contributed by atoms with E-state index in [-0.39, 0.29) is 0 Å². The fourth-order valence-corrected chi connectivity index (χ4v) is 3.13. The molecule has 0 amide bonds. The molecule has 0 saturated heterocycles. The number of nitrogens with zero attached hydrogens (tertiary/aromatic N) is 1. The minimum atomic E-state index is -3.44. The van der Waals surface area contributed by atoms with Gasteiger partial charge in [-0.15, -0.1) is 0 Å². The first-order chi connectivity index (χ1) is 7.99. The predicted molar refractivity (Wildman–Crippen MR) is 67.7 cm³/mol. The average Bonchev–Trinajstić information content (AvgIpc) is 2.36. The van der Waals surface area contributed by atoms with Gasteiger partial charge >= 0.3 is 0 Å². The number of rotatable bonds is 5. The van der Waals surface area contributed by atoms with Crippen molar-refractivity contribution in [2.45, 2.75) is 51.2 Å². The van der Waals surface area contributed by atoms with E-state index in [9.17, 15) is 8.42 Å². The molecular formula is C12H22N2O2S. The van der Waals surface area contributed by atoms with Crippen LogP contribution in [0, 0.1) is 23.2 Å². The monoisotopic (exact) mass is 258 g/mol. The molecule has 1 N–H and O–H groups in total. The summed E-state index contributed by atoms with van der Waals surface area (Å²) in [6, 6.07) is 1.76. The Morgan fingerprint density at radius 2 is 1.82 bits per heavy atom. The van der Waals surface area contributed by atoms with E-state index in [4.69, 9.17) is 5.26 Å². The topological polar surface area (TPSA) is 70.0 Å². The number of hydrogen-bond acceptors (Lipinski definition) is 3. The molecular weight excluding hydrogens is 236 g/mol. The molecule has 5 heteroatoms. The molecule has 0 aliphatic heterocycles. The summed E-state index contributed by atoms with van der Waals surface area (Å²) < 4.78 is 25.7. The van der Waals surface area contributed by atoms with Crippen LogP contribution in [0.3, 0.4) is 0 Å². The number of sulfonamides is 1. The van der Waals surface area contributed by atoms with E-state index in [1.165, 1.54) is 26.2 Å². The van der Waals surface area contributed by atoms with Crippen LogP contribution < -0.4 is 4.72 Å². The van der Waals surface area contributed by atoms with Crippen molar-refractivity contribution in [1.29, 1.82) is 5.26 Å². The zero-order valence-electron chi connectivity index (χ0n) is 10.6. The fourth-order valence-electron chi connectivity index (χ4n) is 2.27. The molecule has 0 aromatic heterocycles. The van der Waals surface area contributed by atoms with Crippen molar-refractivity contribution in [2.24, 2.45) is 11.8 Å². The zero-order valence-corrected chi connectivity index (χ0v) is 11.5. The molecule has 0 spiro atoms. The van der Waals surface area contributed by atoms with Crippen LogP contribution in [-0.2, 0) is 10.0 Å². The van der Waals surface area contributed by atoms with E-state index in [0.29, 0.717) is 12.5 Å². The zero-order chi connectivity index (χ0) is 12.9. The minimum Gasteiger partial charge on any atom is -0.214 e. The lowest BCUT2D eigenvalue weighted by Crippen LogP contribution is -2.36. The Kier molecular flexibility index (Phi) is 5.41. The summed E-state index contributed by atoms with van der Waals surface area (Å²) in [7, 11) is -3.44. The average molecular weight is 258 g/mol. The van der Waals surface area contributed by atoms with Crippen molar-refractivity contribution >= 4 is 10.0 Å². The van der Waals surface area contributed by atoms with Gasteiger partial charge in [-0.1, -0.05) is 26.2 Å². The van der Waals surface area contributed by atoms with Gasteiger partial charge < -0.3 is 0 Å². The van der Waals surface area contributed by atoms with Crippen molar-refractivity contribution in [2.75, 3.05) is 6.54 Å². The lowest BCUT2D eigenvalue weighted by Gasteiger charge is -2.27. The molecule has 17 heavy (non-hydrogen) atoms. The normalized spacial score (nSPS) is 27.4. The maximum absolute atomic E-state index is 11.6. The van der Waals surface area contributed by atoms with E-state index >= 15 is 0 Å². The minimum absolute atomic E-state index is 0.443. The van der Waals surface area contributed by atoms with Crippen LogP contribution in [0.2, 0.25) is 0 Å². The van der Waals surface area contributed by atoms with Gasteiger partial charge in [-0.25, -0.2) is 13.1 Å². The maximum atomic E-state index is 11.6. The number of hydrogen-bond donors (Lipinski definition) is 1. The molecule has 1 aliphatic rings. The lowest BCUT2D eigenvalue weighted by atomic mass is 9.81. The smallest absolute Gasteiger partial charge is 0.214 e. The van der Waals surface area contributed by atoms with Gasteiger partial charge in [0.15, 0.2) is 5.25 Å². The van der Waals surface area contributed by atoms with E-state index < -0.39 is 15.3 Å². The Bertz CT molecular complexity index is 364. The third-order valence-corrected chi connectivity index (χ3v) is 5.37. The highest BCUT2D eigenvalue weighted by molar-refractivity contribution is 7.90. The summed E-state index contributed by atoms with van der Waals surface area (Å²) in [5.41, 5.74) is 0. The third-order valence-electron chi connectivity index (χ3n) is 3.76. The van der Waals surface area contributed by atoms with Gasteiger partial charge in [0, 0.05) is 6.54 Å². The first-order valence-electron chi connectivity index (χ1n) is 6.37. The Morgan fingerprint density at radius 3 is 2.29 bits per heavy atom. The van der Waals surface area contributed by atoms with E-state index in [0.717, 1.165) is 18.8 Å². The van der Waals surface area contributed by atoms with E-state index in [1.54, 1.807) is 6.07 Å². The lowest BCUT2D eigenvalue weighted by molar-refractivity contribution is 0.270. The molecule has 0 heterocycles. The van der Waals surface area contributed by atoms with Crippen molar-refractivity contribution < 1.29 is 8.42 Å². The molecule has 1 rings (SSSR count). The van der Waals surface area contributed by atoms with Gasteiger partial charge in [0.05, 0.1) is 6.07 Å². The Balaban J connectivity index is 2.36. The van der Waals surface area contributed by atoms with E-state index in [2.05, 4.69) is 11.6 Å². The summed E-state index contributed by atoms with van der Waals surface area (Å²) in [6.45, 7) is 4.11. The fraction of sp³-hybridized carbons (Fsp3) is 0.917. The summed E-state index contributed by atoms with van der Waals surface area (Å²) in [4.78, 5) is 0. The SMILES string of the molecule is CCC1CCC(CNS(=O)(=O)C(C)C#N)CC1. The molecule has 0 aromatic carbocycles. The van der Waals surface area contributed by atoms with Gasteiger partial charge in [-0.2, -0.15) is 5.26 Å². The molecule has 98 valence electrons. The second-order valence-electron chi connectivity index (χ2n) is 4.96. The summed E-state index contributed by atoms with van der Waals surface area (Å²) in [5.74, 6) is 1.26. The van der Waals surface area contributed by atoms with Crippen molar-refractivity contribution in [1.82, 2.24) is 4.72 Å². The number of nitrogens with one attached hydrogen (secondary N) is 1. The molecule has 1 aliphatic carbocycles. The predicted octanol–water partition coefficient (Wildman–Crippen LogP) is 2.03. The highest BCUT2D eigenvalue weighted by atomic mass is 32.2. The van der Waals surface area contributed by atoms with Crippen molar-refractivity contribution in [3.05, 3.63) is 0 Å². The Hall–Kier alpha value is -0.600. The standard InChI is InChI=1S/C12H22N2O2S/c1-3-11-4-6-12(7-5-11)9-14-17(15,16)10(2)8-13/h10-12,14H,3-7,9H2,1-2H3. The van der Waals surface area contributed by atoms with Gasteiger partial charge in [0.25, 0.3) is 0 Å². The molecule has 1 saturated carbocycles. The quantitative estimate of drug-likeness (QED) is 0.820. The molecule has 0 bridgehead atoms. The van der Waals surface area contributed by atoms with Crippen molar-refractivity contribution in [3.8, 4) is 6.07 Å². The molecule has 4 nitrogen and oxygen atoms in total. The second kappa shape index (κ2) is 6.36. The molecule has 1 unspecified atom stereocenters. The maximum Gasteiger partial charge on any atom is 0.227 e. The number of nitriles is 1. The van der Waals surface area contributed by atoms with Gasteiger partial charge in [-0.05, 0) is 31.6 Å². The molecule has 1 fully saturated rings. The van der Waals surface area contributed by atoms with Crippen LogP contribution in [0.4, 0.5) is 0 Å². The van der Waals surface area contributed by atoms with Crippen molar-refractivity contribution in [3.63, 3.8) is 0 Å². The summed E-state index contributed by atoms with van der Waals surface area (Å²) in [5, 5.41) is 7.64. The van der Waals surface area contributed by atoms with Crippen LogP contribution >= 0.6 is 0 Å². The highest BCUT2D eigenvalue weighted by Gasteiger charge is 2.24. The first kappa shape index (κ1) is 14.5. The largest absolute Gasteiger partial charge is 0.227 e. The van der Waals surface area contributed by atoms with Crippen LogP contribution in [0.5, 0.6) is 0 Å². The van der Waals surface area contributed by atoms with Gasteiger partial charge in [0.1, 0.15) is 0 Å². The van der Waals surface area contributed by atoms with Crippen LogP contribution in [0.1, 0.15) is 46.0 Å². The van der Waals surface area contributed by atoms with E-state index in [1.807, 2.05) is 0 Å². The second-order valence-corrected chi connectivity index (χ2v) is 7.05. The first-order valence-corrected chi connectivity index (χ1v) is 7.92. The Labute approximate surface area is 104 Å². The van der Waals surface area contributed by atoms with Gasteiger partial charge in [0.2, 0.25) is 10.0 Å². The summed E-state index contributed by atoms with van der Waals surface area (Å²) in [6.07, 6.45) is 5.83. The summed E-state index contributed by atoms with van der Waals surface area (Å²) >= 11 is 0. The van der Waals surface area contributed by atoms with Crippen LogP contribution in [0.25, 0.3) is 0 Å². The van der Waals surface area contributed by atoms with Gasteiger partial charge in [-0.3, -0.25) is 0 Å².